The molecule has 0 unspecified atom stereocenters. The fourth-order valence-electron chi connectivity index (χ4n) is 4.00. The fourth-order valence-corrected chi connectivity index (χ4v) is 4.00. The highest BCUT2D eigenvalue weighted by Gasteiger charge is 2.11. The maximum atomic E-state index is 5.90. The van der Waals surface area contributed by atoms with Crippen LogP contribution in [0.4, 0.5) is 0 Å². The number of unbranched alkanes of at least 4 members (excludes halogenated alkanes) is 11. The molecule has 0 atom stereocenters. The minimum absolute atomic E-state index is 0.690. The Bertz CT molecular complexity index is 483. The predicted octanol–water partition coefficient (Wildman–Crippen LogP) is 7.08. The average molecular weight is 377 g/mol. The van der Waals surface area contributed by atoms with Crippen LogP contribution < -0.4 is 4.57 Å². The lowest BCUT2D eigenvalue weighted by Crippen LogP contribution is -2.36. The first-order valence-corrected chi connectivity index (χ1v) is 11.8. The highest BCUT2D eigenvalue weighted by Crippen LogP contribution is 2.13. The maximum Gasteiger partial charge on any atom is 0.252 e. The molecular weight excluding hydrogens is 330 g/mol. The first kappa shape index (κ1) is 24.1. The number of hydrogen-bond acceptors (Lipinski definition) is 1. The maximum absolute atomic E-state index is 5.90. The second-order valence-corrected chi connectivity index (χ2v) is 8.09. The standard InChI is InChI=1S/C25H46NO/c1-5-8-9-10-11-12-13-14-15-16-17-18-19-27-22-26-20-23(4)25(7-3)24(6-2)21-26/h20-21H,5-19,22H2,1-4H3/q+1. The molecule has 2 heteroatoms. The van der Waals surface area contributed by atoms with Crippen LogP contribution in [0.25, 0.3) is 0 Å². The summed E-state index contributed by atoms with van der Waals surface area (Å²) >= 11 is 0. The number of pyridine rings is 1. The van der Waals surface area contributed by atoms with Crippen LogP contribution in [0.15, 0.2) is 12.4 Å². The zero-order valence-electron chi connectivity index (χ0n) is 18.8. The van der Waals surface area contributed by atoms with Gasteiger partial charge in [-0.15, -0.1) is 0 Å². The van der Waals surface area contributed by atoms with Gasteiger partial charge in [-0.1, -0.05) is 91.4 Å². The molecule has 156 valence electrons. The van der Waals surface area contributed by atoms with E-state index in [2.05, 4.69) is 44.7 Å². The van der Waals surface area contributed by atoms with Crippen LogP contribution in [0.3, 0.4) is 0 Å². The second-order valence-electron chi connectivity index (χ2n) is 8.09. The van der Waals surface area contributed by atoms with Gasteiger partial charge >= 0.3 is 0 Å². The van der Waals surface area contributed by atoms with Crippen molar-refractivity contribution < 1.29 is 9.30 Å². The normalized spacial score (nSPS) is 11.3. The van der Waals surface area contributed by atoms with Crippen molar-refractivity contribution in [3.05, 3.63) is 29.1 Å². The Hall–Kier alpha value is -0.890. The van der Waals surface area contributed by atoms with Gasteiger partial charge in [-0.25, -0.2) is 0 Å². The summed E-state index contributed by atoms with van der Waals surface area (Å²) in [6, 6.07) is 0. The molecular formula is C25H46NO+. The van der Waals surface area contributed by atoms with Crippen LogP contribution in [0.2, 0.25) is 0 Å². The number of aryl methyl sites for hydroxylation is 2. The van der Waals surface area contributed by atoms with Gasteiger partial charge in [-0.05, 0) is 31.7 Å². The molecule has 1 heterocycles. The van der Waals surface area contributed by atoms with Gasteiger partial charge in [0.15, 0.2) is 12.4 Å². The molecule has 1 aromatic heterocycles. The van der Waals surface area contributed by atoms with E-state index < -0.39 is 0 Å². The zero-order chi connectivity index (χ0) is 19.7. The number of rotatable bonds is 17. The summed E-state index contributed by atoms with van der Waals surface area (Å²) in [6.07, 6.45) is 23.4. The van der Waals surface area contributed by atoms with Gasteiger partial charge in [0.1, 0.15) is 0 Å². The minimum atomic E-state index is 0.690. The Kier molecular flexibility index (Phi) is 14.4. The van der Waals surface area contributed by atoms with Crippen LogP contribution in [-0.4, -0.2) is 6.61 Å². The SMILES string of the molecule is CCCCCCCCCCCCCCOC[n+]1cc(C)c(CC)c(CC)c1. The van der Waals surface area contributed by atoms with E-state index >= 15 is 0 Å². The molecule has 1 rings (SSSR count). The van der Waals surface area contributed by atoms with Gasteiger partial charge in [0, 0.05) is 11.1 Å². The molecule has 1 aromatic rings. The van der Waals surface area contributed by atoms with E-state index in [4.69, 9.17) is 4.74 Å². The topological polar surface area (TPSA) is 13.1 Å². The van der Waals surface area contributed by atoms with Crippen LogP contribution >= 0.6 is 0 Å². The van der Waals surface area contributed by atoms with Gasteiger partial charge in [-0.3, -0.25) is 0 Å². The third kappa shape index (κ3) is 10.9. The van der Waals surface area contributed by atoms with E-state index in [1.54, 1.807) is 0 Å². The Morgan fingerprint density at radius 1 is 0.704 bits per heavy atom. The summed E-state index contributed by atoms with van der Waals surface area (Å²) < 4.78 is 8.12. The van der Waals surface area contributed by atoms with E-state index in [0.29, 0.717) is 6.73 Å². The van der Waals surface area contributed by atoms with E-state index in [0.717, 1.165) is 19.4 Å². The summed E-state index contributed by atoms with van der Waals surface area (Å²) in [7, 11) is 0. The monoisotopic (exact) mass is 376 g/mol. The minimum Gasteiger partial charge on any atom is -0.323 e. The summed E-state index contributed by atoms with van der Waals surface area (Å²) in [5, 5.41) is 0. The Morgan fingerprint density at radius 3 is 1.78 bits per heavy atom. The highest BCUT2D eigenvalue weighted by molar-refractivity contribution is 5.28. The molecule has 0 bridgehead atoms. The lowest BCUT2D eigenvalue weighted by Gasteiger charge is -2.09. The summed E-state index contributed by atoms with van der Waals surface area (Å²) in [5.74, 6) is 0. The number of ether oxygens (including phenoxy) is 1. The lowest BCUT2D eigenvalue weighted by molar-refractivity contribution is -0.733. The van der Waals surface area contributed by atoms with Crippen molar-refractivity contribution in [2.45, 2.75) is 124 Å². The van der Waals surface area contributed by atoms with Crippen molar-refractivity contribution in [1.82, 2.24) is 0 Å². The molecule has 0 aliphatic carbocycles. The number of aromatic nitrogens is 1. The van der Waals surface area contributed by atoms with Crippen LogP contribution in [-0.2, 0) is 24.3 Å². The third-order valence-electron chi connectivity index (χ3n) is 5.66. The van der Waals surface area contributed by atoms with Crippen molar-refractivity contribution in [3.8, 4) is 0 Å². The third-order valence-corrected chi connectivity index (χ3v) is 5.66. The molecule has 0 amide bonds. The molecule has 0 aromatic carbocycles. The molecule has 0 N–H and O–H groups in total. The molecule has 0 saturated heterocycles. The zero-order valence-corrected chi connectivity index (χ0v) is 18.8. The number of nitrogens with zero attached hydrogens (tertiary/aromatic N) is 1. The summed E-state index contributed by atoms with van der Waals surface area (Å²) in [4.78, 5) is 0. The molecule has 27 heavy (non-hydrogen) atoms. The second kappa shape index (κ2) is 16.1. The van der Waals surface area contributed by atoms with Gasteiger partial charge in [0.25, 0.3) is 6.73 Å². The molecule has 0 radical (unpaired) electrons. The van der Waals surface area contributed by atoms with Crippen molar-refractivity contribution in [2.75, 3.05) is 6.61 Å². The van der Waals surface area contributed by atoms with Gasteiger partial charge < -0.3 is 4.74 Å². The van der Waals surface area contributed by atoms with Crippen LogP contribution in [0.1, 0.15) is 115 Å². The summed E-state index contributed by atoms with van der Waals surface area (Å²) in [6.45, 7) is 10.6. The van der Waals surface area contributed by atoms with Crippen molar-refractivity contribution >= 4 is 0 Å². The molecule has 0 aliphatic rings. The van der Waals surface area contributed by atoms with Crippen LogP contribution in [0, 0.1) is 6.92 Å². The van der Waals surface area contributed by atoms with Gasteiger partial charge in [0.2, 0.25) is 0 Å². The lowest BCUT2D eigenvalue weighted by atomic mass is 10.0. The quantitative estimate of drug-likeness (QED) is 0.209. The van der Waals surface area contributed by atoms with Crippen molar-refractivity contribution in [1.29, 1.82) is 0 Å². The predicted molar refractivity (Wildman–Crippen MR) is 117 cm³/mol. The Balaban J connectivity index is 2.00. The molecule has 2 nitrogen and oxygen atoms in total. The molecule has 0 saturated carbocycles. The van der Waals surface area contributed by atoms with E-state index in [9.17, 15) is 0 Å². The summed E-state index contributed by atoms with van der Waals surface area (Å²) in [5.41, 5.74) is 4.37. The van der Waals surface area contributed by atoms with E-state index in [-0.39, 0.29) is 0 Å². The van der Waals surface area contributed by atoms with Crippen LogP contribution in [0.5, 0.6) is 0 Å². The van der Waals surface area contributed by atoms with E-state index in [1.165, 1.54) is 93.7 Å². The molecule has 0 fully saturated rings. The smallest absolute Gasteiger partial charge is 0.252 e. The number of hydrogen-bond donors (Lipinski definition) is 0. The average Bonchev–Trinajstić information content (AvgIpc) is 2.67. The van der Waals surface area contributed by atoms with Gasteiger partial charge in [0.05, 0.1) is 6.61 Å². The first-order chi connectivity index (χ1) is 13.2. The molecule has 0 aliphatic heterocycles. The Morgan fingerprint density at radius 2 is 1.26 bits per heavy atom. The first-order valence-electron chi connectivity index (χ1n) is 11.8. The van der Waals surface area contributed by atoms with Crippen molar-refractivity contribution in [3.63, 3.8) is 0 Å². The van der Waals surface area contributed by atoms with E-state index in [1.807, 2.05) is 0 Å². The van der Waals surface area contributed by atoms with Crippen molar-refractivity contribution in [2.24, 2.45) is 0 Å². The van der Waals surface area contributed by atoms with Gasteiger partial charge in [-0.2, -0.15) is 4.57 Å². The molecule has 0 spiro atoms. The fraction of sp³-hybridized carbons (Fsp3) is 0.800. The Labute approximate surface area is 169 Å². The highest BCUT2D eigenvalue weighted by atomic mass is 16.5. The largest absolute Gasteiger partial charge is 0.323 e.